The van der Waals surface area contributed by atoms with E-state index in [4.69, 9.17) is 16.6 Å². The topological polar surface area (TPSA) is 72.3 Å². The molecule has 3 nitrogen and oxygen atoms in total. The van der Waals surface area contributed by atoms with Gasteiger partial charge in [0.1, 0.15) is 0 Å². The molecule has 0 aliphatic rings. The predicted octanol–water partition coefficient (Wildman–Crippen LogP) is 1.26. The number of hydrogen-bond acceptors (Lipinski definition) is 3. The number of rotatable bonds is 3. The van der Waals surface area contributed by atoms with Crippen molar-refractivity contribution in [3.63, 3.8) is 0 Å². The van der Waals surface area contributed by atoms with E-state index in [1.165, 1.54) is 0 Å². The molecule has 0 fully saturated rings. The summed E-state index contributed by atoms with van der Waals surface area (Å²) in [7, 11) is 0. The number of nitrogens with two attached hydrogens (primary N) is 2. The maximum Gasteiger partial charge on any atom is 0.0449 e. The highest BCUT2D eigenvalue weighted by Crippen LogP contribution is 2.22. The lowest BCUT2D eigenvalue weighted by molar-refractivity contribution is 0.276. The van der Waals surface area contributed by atoms with E-state index in [2.05, 4.69) is 22.6 Å². The molecule has 0 unspecified atom stereocenters. The van der Waals surface area contributed by atoms with E-state index in [9.17, 15) is 0 Å². The lowest BCUT2D eigenvalue weighted by Gasteiger charge is -2.13. The molecule has 13 heavy (non-hydrogen) atoms. The summed E-state index contributed by atoms with van der Waals surface area (Å²) >= 11 is 2.21. The summed E-state index contributed by atoms with van der Waals surface area (Å²) < 4.78 is 1.11. The van der Waals surface area contributed by atoms with Crippen molar-refractivity contribution < 1.29 is 5.11 Å². The minimum atomic E-state index is -0.167. The van der Waals surface area contributed by atoms with Gasteiger partial charge in [0.05, 0.1) is 0 Å². The molecule has 0 spiro atoms. The Kier molecular flexibility index (Phi) is 3.95. The van der Waals surface area contributed by atoms with Crippen LogP contribution in [0, 0.1) is 3.57 Å². The largest absolute Gasteiger partial charge is 0.398 e. The van der Waals surface area contributed by atoms with Gasteiger partial charge in [-0.25, -0.2) is 0 Å². The molecule has 0 amide bonds. The highest BCUT2D eigenvalue weighted by molar-refractivity contribution is 14.1. The molecule has 4 heteroatoms. The predicted molar refractivity (Wildman–Crippen MR) is 62.2 cm³/mol. The second kappa shape index (κ2) is 4.78. The summed E-state index contributed by atoms with van der Waals surface area (Å²) in [6, 6.07) is 5.56. The van der Waals surface area contributed by atoms with Gasteiger partial charge < -0.3 is 16.6 Å². The van der Waals surface area contributed by atoms with Crippen LogP contribution in [-0.2, 0) is 0 Å². The minimum Gasteiger partial charge on any atom is -0.398 e. The Morgan fingerprint density at radius 3 is 2.77 bits per heavy atom. The van der Waals surface area contributed by atoms with Crippen molar-refractivity contribution in [3.05, 3.63) is 27.3 Å². The Hall–Kier alpha value is -0.330. The molecule has 1 rings (SSSR count). The first kappa shape index (κ1) is 10.7. The lowest BCUT2D eigenvalue weighted by atomic mass is 10.0. The molecule has 0 heterocycles. The first-order valence-electron chi connectivity index (χ1n) is 4.06. The summed E-state index contributed by atoms with van der Waals surface area (Å²) in [6.07, 6.45) is 0.546. The molecular formula is C9H13IN2O. The molecule has 0 aromatic heterocycles. The van der Waals surface area contributed by atoms with E-state index < -0.39 is 0 Å². The average molecular weight is 292 g/mol. The Balaban J connectivity index is 2.91. The maximum atomic E-state index is 8.74. The van der Waals surface area contributed by atoms with E-state index in [1.807, 2.05) is 18.2 Å². The molecule has 1 aromatic carbocycles. The van der Waals surface area contributed by atoms with Crippen LogP contribution in [0.2, 0.25) is 0 Å². The third-order valence-electron chi connectivity index (χ3n) is 1.89. The summed E-state index contributed by atoms with van der Waals surface area (Å²) in [4.78, 5) is 0. The zero-order chi connectivity index (χ0) is 9.84. The molecule has 72 valence electrons. The highest BCUT2D eigenvalue weighted by Gasteiger charge is 2.08. The van der Waals surface area contributed by atoms with Crippen molar-refractivity contribution in [3.8, 4) is 0 Å². The van der Waals surface area contributed by atoms with E-state index in [0.29, 0.717) is 12.1 Å². The zero-order valence-corrected chi connectivity index (χ0v) is 9.36. The SMILES string of the molecule is Nc1ccc(I)cc1[C@@H](N)CCO. The average Bonchev–Trinajstić information content (AvgIpc) is 2.09. The third-order valence-corrected chi connectivity index (χ3v) is 2.56. The minimum absolute atomic E-state index is 0.0894. The van der Waals surface area contributed by atoms with Crippen LogP contribution in [0.5, 0.6) is 0 Å². The van der Waals surface area contributed by atoms with Gasteiger partial charge in [-0.2, -0.15) is 0 Å². The van der Waals surface area contributed by atoms with Crippen LogP contribution >= 0.6 is 22.6 Å². The van der Waals surface area contributed by atoms with Crippen LogP contribution < -0.4 is 11.5 Å². The molecule has 1 atom stereocenters. The van der Waals surface area contributed by atoms with Gasteiger partial charge in [-0.3, -0.25) is 0 Å². The number of nitrogen functional groups attached to an aromatic ring is 1. The van der Waals surface area contributed by atoms with Crippen LogP contribution in [0.1, 0.15) is 18.0 Å². The van der Waals surface area contributed by atoms with Gasteiger partial charge in [0.15, 0.2) is 0 Å². The molecule has 1 aromatic rings. The standard InChI is InChI=1S/C9H13IN2O/c10-6-1-2-8(11)7(5-6)9(12)3-4-13/h1-2,5,9,13H,3-4,11-12H2/t9-/m0/s1. The monoisotopic (exact) mass is 292 g/mol. The van der Waals surface area contributed by atoms with Gasteiger partial charge in [0.25, 0.3) is 0 Å². The van der Waals surface area contributed by atoms with Crippen molar-refractivity contribution >= 4 is 28.3 Å². The Morgan fingerprint density at radius 1 is 1.46 bits per heavy atom. The first-order valence-corrected chi connectivity index (χ1v) is 5.14. The lowest BCUT2D eigenvalue weighted by Crippen LogP contribution is -2.14. The van der Waals surface area contributed by atoms with Gasteiger partial charge >= 0.3 is 0 Å². The third kappa shape index (κ3) is 2.82. The summed E-state index contributed by atoms with van der Waals surface area (Å²) in [5, 5.41) is 8.74. The van der Waals surface area contributed by atoms with Crippen molar-refractivity contribution in [2.24, 2.45) is 5.73 Å². The number of halogens is 1. The molecule has 0 radical (unpaired) electrons. The normalized spacial score (nSPS) is 12.8. The number of hydrogen-bond donors (Lipinski definition) is 3. The van der Waals surface area contributed by atoms with Gasteiger partial charge in [0.2, 0.25) is 0 Å². The molecule has 0 aliphatic carbocycles. The summed E-state index contributed by atoms with van der Waals surface area (Å²) in [6.45, 7) is 0.0894. The summed E-state index contributed by atoms with van der Waals surface area (Å²) in [5.74, 6) is 0. The van der Waals surface area contributed by atoms with E-state index in [-0.39, 0.29) is 12.6 Å². The summed E-state index contributed by atoms with van der Waals surface area (Å²) in [5.41, 5.74) is 13.2. The maximum absolute atomic E-state index is 8.74. The van der Waals surface area contributed by atoms with Crippen LogP contribution in [0.15, 0.2) is 18.2 Å². The van der Waals surface area contributed by atoms with Gasteiger partial charge in [0, 0.05) is 21.9 Å². The van der Waals surface area contributed by atoms with Crippen LogP contribution in [-0.4, -0.2) is 11.7 Å². The highest BCUT2D eigenvalue weighted by atomic mass is 127. The number of benzene rings is 1. The second-order valence-electron chi connectivity index (χ2n) is 2.89. The van der Waals surface area contributed by atoms with Gasteiger partial charge in [-0.15, -0.1) is 0 Å². The van der Waals surface area contributed by atoms with Crippen molar-refractivity contribution in [2.45, 2.75) is 12.5 Å². The fraction of sp³-hybridized carbons (Fsp3) is 0.333. The Bertz CT molecular complexity index is 291. The zero-order valence-electron chi connectivity index (χ0n) is 7.20. The smallest absolute Gasteiger partial charge is 0.0449 e. The van der Waals surface area contributed by atoms with Crippen LogP contribution in [0.4, 0.5) is 5.69 Å². The van der Waals surface area contributed by atoms with Crippen molar-refractivity contribution in [1.82, 2.24) is 0 Å². The molecular weight excluding hydrogens is 279 g/mol. The van der Waals surface area contributed by atoms with Crippen molar-refractivity contribution in [1.29, 1.82) is 0 Å². The number of aliphatic hydroxyl groups is 1. The Morgan fingerprint density at radius 2 is 2.15 bits per heavy atom. The second-order valence-corrected chi connectivity index (χ2v) is 4.14. The van der Waals surface area contributed by atoms with E-state index in [1.54, 1.807) is 0 Å². The fourth-order valence-corrected chi connectivity index (χ4v) is 1.68. The van der Waals surface area contributed by atoms with Gasteiger partial charge in [-0.1, -0.05) is 0 Å². The fourth-order valence-electron chi connectivity index (χ4n) is 1.16. The first-order chi connectivity index (χ1) is 6.15. The quantitative estimate of drug-likeness (QED) is 0.580. The van der Waals surface area contributed by atoms with E-state index >= 15 is 0 Å². The molecule has 5 N–H and O–H groups in total. The molecule has 0 aliphatic heterocycles. The number of aliphatic hydroxyl groups excluding tert-OH is 1. The van der Waals surface area contributed by atoms with Crippen LogP contribution in [0.3, 0.4) is 0 Å². The van der Waals surface area contributed by atoms with Crippen molar-refractivity contribution in [2.75, 3.05) is 12.3 Å². The molecule has 0 saturated carbocycles. The molecule has 0 bridgehead atoms. The van der Waals surface area contributed by atoms with Crippen LogP contribution in [0.25, 0.3) is 0 Å². The molecule has 0 saturated heterocycles. The van der Waals surface area contributed by atoms with Gasteiger partial charge in [-0.05, 0) is 52.8 Å². The Labute approximate surface area is 91.3 Å². The van der Waals surface area contributed by atoms with E-state index in [0.717, 1.165) is 9.13 Å². The number of anilines is 1.